The molecule has 1 aliphatic rings. The molecule has 0 amide bonds. The van der Waals surface area contributed by atoms with E-state index in [1.165, 1.54) is 16.7 Å². The Hall–Kier alpha value is -1.64. The predicted molar refractivity (Wildman–Crippen MR) is 106 cm³/mol. The summed E-state index contributed by atoms with van der Waals surface area (Å²) in [6.07, 6.45) is 18.1. The maximum Gasteiger partial charge on any atom is 0.0753 e. The summed E-state index contributed by atoms with van der Waals surface area (Å²) in [6.45, 7) is 11.3. The highest BCUT2D eigenvalue weighted by atomic mass is 16.3. The molecule has 132 valence electrons. The highest BCUT2D eigenvalue weighted by molar-refractivity contribution is 5.38. The predicted octanol–water partition coefficient (Wildman–Crippen LogP) is 5.00. The molecule has 1 atom stereocenters. The second-order valence-corrected chi connectivity index (χ2v) is 7.21. The zero-order valence-electron chi connectivity index (χ0n) is 15.8. The van der Waals surface area contributed by atoms with Gasteiger partial charge in [-0.05, 0) is 50.2 Å². The first-order valence-electron chi connectivity index (χ1n) is 8.74. The van der Waals surface area contributed by atoms with Gasteiger partial charge < -0.3 is 10.8 Å². The second-order valence-electron chi connectivity index (χ2n) is 7.21. The van der Waals surface area contributed by atoms with Crippen molar-refractivity contribution in [1.82, 2.24) is 0 Å². The van der Waals surface area contributed by atoms with Gasteiger partial charge in [-0.3, -0.25) is 0 Å². The quantitative estimate of drug-likeness (QED) is 0.674. The van der Waals surface area contributed by atoms with E-state index in [0.717, 1.165) is 18.4 Å². The number of rotatable bonds is 6. The van der Waals surface area contributed by atoms with E-state index in [1.807, 2.05) is 25.2 Å². The van der Waals surface area contributed by atoms with Crippen molar-refractivity contribution in [1.29, 1.82) is 0 Å². The van der Waals surface area contributed by atoms with Gasteiger partial charge in [0.1, 0.15) is 0 Å². The van der Waals surface area contributed by atoms with E-state index < -0.39 is 0 Å². The van der Waals surface area contributed by atoms with Gasteiger partial charge in [0.15, 0.2) is 0 Å². The van der Waals surface area contributed by atoms with Crippen LogP contribution in [0.15, 0.2) is 70.9 Å². The largest absolute Gasteiger partial charge is 0.389 e. The molecule has 1 rings (SSSR count). The molecular weight excluding hydrogens is 294 g/mol. The van der Waals surface area contributed by atoms with Crippen LogP contribution in [0.4, 0.5) is 0 Å². The lowest BCUT2D eigenvalue weighted by Crippen LogP contribution is -2.27. The fourth-order valence-corrected chi connectivity index (χ4v) is 2.89. The maximum absolute atomic E-state index is 10.1. The molecule has 0 bridgehead atoms. The van der Waals surface area contributed by atoms with Crippen LogP contribution in [-0.4, -0.2) is 17.8 Å². The third kappa shape index (κ3) is 6.46. The molecule has 0 aromatic carbocycles. The molecule has 0 fully saturated rings. The lowest BCUT2D eigenvalue weighted by Gasteiger charge is -2.35. The molecule has 1 unspecified atom stereocenters. The Morgan fingerprint density at radius 1 is 1.17 bits per heavy atom. The van der Waals surface area contributed by atoms with Crippen molar-refractivity contribution >= 4 is 0 Å². The summed E-state index contributed by atoms with van der Waals surface area (Å²) in [5, 5.41) is 10.1. The molecule has 2 heteroatoms. The summed E-state index contributed by atoms with van der Waals surface area (Å²) in [4.78, 5) is 0. The zero-order valence-corrected chi connectivity index (χ0v) is 15.8. The minimum atomic E-state index is -0.295. The van der Waals surface area contributed by atoms with Gasteiger partial charge in [-0.25, -0.2) is 0 Å². The number of aliphatic hydroxyl groups is 1. The molecule has 0 saturated carbocycles. The van der Waals surface area contributed by atoms with Crippen LogP contribution >= 0.6 is 0 Å². The van der Waals surface area contributed by atoms with Crippen molar-refractivity contribution in [2.24, 2.45) is 11.1 Å². The van der Waals surface area contributed by atoms with Crippen molar-refractivity contribution in [2.75, 3.05) is 6.54 Å². The summed E-state index contributed by atoms with van der Waals surface area (Å²) < 4.78 is 0. The fraction of sp³-hybridized carbons (Fsp3) is 0.455. The Bertz CT molecular complexity index is 597. The zero-order chi connectivity index (χ0) is 18.2. The first kappa shape index (κ1) is 20.4. The van der Waals surface area contributed by atoms with Crippen molar-refractivity contribution in [2.45, 2.75) is 53.6 Å². The lowest BCUT2D eigenvalue weighted by molar-refractivity contribution is 0.163. The summed E-state index contributed by atoms with van der Waals surface area (Å²) in [7, 11) is 0. The summed E-state index contributed by atoms with van der Waals surface area (Å²) in [5.74, 6) is 0. The van der Waals surface area contributed by atoms with Crippen LogP contribution in [0.3, 0.4) is 0 Å². The Morgan fingerprint density at radius 2 is 1.79 bits per heavy atom. The standard InChI is InChI=1S/C22H33NO/c1-17(9-6-7-16-23)10-8-11-18(2)12-13-20-19(3)21(24)14-15-22(20,4)5/h6-13,21,24H,14-16,23H2,1-5H3/b7-6+,10-8+,13-12+,17-9+,18-11+. The highest BCUT2D eigenvalue weighted by Gasteiger charge is 2.30. The van der Waals surface area contributed by atoms with Crippen LogP contribution in [0.1, 0.15) is 47.5 Å². The SMILES string of the molecule is CC1=C(/C=C/C(C)=C/C=C/C(C)=C/C=C/CN)C(C)(C)CCC1O. The first-order chi connectivity index (χ1) is 11.3. The molecule has 2 nitrogen and oxygen atoms in total. The van der Waals surface area contributed by atoms with Gasteiger partial charge >= 0.3 is 0 Å². The molecule has 0 heterocycles. The van der Waals surface area contributed by atoms with Gasteiger partial charge in [0.25, 0.3) is 0 Å². The molecule has 0 aromatic heterocycles. The van der Waals surface area contributed by atoms with Gasteiger partial charge in [0.05, 0.1) is 6.10 Å². The molecule has 24 heavy (non-hydrogen) atoms. The van der Waals surface area contributed by atoms with Crippen LogP contribution in [0.25, 0.3) is 0 Å². The van der Waals surface area contributed by atoms with Crippen LogP contribution in [0, 0.1) is 5.41 Å². The van der Waals surface area contributed by atoms with Crippen LogP contribution < -0.4 is 5.73 Å². The molecule has 0 aromatic rings. The molecule has 3 N–H and O–H groups in total. The van der Waals surface area contributed by atoms with E-state index in [-0.39, 0.29) is 11.5 Å². The van der Waals surface area contributed by atoms with Gasteiger partial charge in [-0.15, -0.1) is 0 Å². The number of hydrogen-bond acceptors (Lipinski definition) is 2. The fourth-order valence-electron chi connectivity index (χ4n) is 2.89. The van der Waals surface area contributed by atoms with Crippen molar-refractivity contribution in [3.8, 4) is 0 Å². The van der Waals surface area contributed by atoms with Gasteiger partial charge in [-0.2, -0.15) is 0 Å². The summed E-state index contributed by atoms with van der Waals surface area (Å²) in [5.41, 5.74) is 10.3. The monoisotopic (exact) mass is 327 g/mol. The number of aliphatic hydroxyl groups excluding tert-OH is 1. The number of hydrogen-bond donors (Lipinski definition) is 2. The molecular formula is C22H33NO. The van der Waals surface area contributed by atoms with Gasteiger partial charge in [0.2, 0.25) is 0 Å². The van der Waals surface area contributed by atoms with Crippen molar-refractivity contribution < 1.29 is 5.11 Å². The van der Waals surface area contributed by atoms with Gasteiger partial charge in [-0.1, -0.05) is 73.6 Å². The third-order valence-electron chi connectivity index (χ3n) is 4.56. The Morgan fingerprint density at radius 3 is 2.46 bits per heavy atom. The van der Waals surface area contributed by atoms with Crippen molar-refractivity contribution in [3.63, 3.8) is 0 Å². The van der Waals surface area contributed by atoms with E-state index in [4.69, 9.17) is 5.73 Å². The normalized spacial score (nSPS) is 23.2. The Labute approximate surface area is 147 Å². The molecule has 0 aliphatic heterocycles. The average Bonchev–Trinajstić information content (AvgIpc) is 2.51. The minimum absolute atomic E-state index is 0.130. The van der Waals surface area contributed by atoms with Crippen LogP contribution in [0.5, 0.6) is 0 Å². The lowest BCUT2D eigenvalue weighted by atomic mass is 9.71. The number of allylic oxidation sites excluding steroid dienone is 10. The summed E-state index contributed by atoms with van der Waals surface area (Å²) in [6, 6.07) is 0. The first-order valence-corrected chi connectivity index (χ1v) is 8.74. The molecule has 0 spiro atoms. The van der Waals surface area contributed by atoms with Gasteiger partial charge in [0, 0.05) is 6.54 Å². The highest BCUT2D eigenvalue weighted by Crippen LogP contribution is 2.40. The Kier molecular flexibility index (Phi) is 8.17. The van der Waals surface area contributed by atoms with E-state index in [9.17, 15) is 5.11 Å². The summed E-state index contributed by atoms with van der Waals surface area (Å²) >= 11 is 0. The molecule has 0 radical (unpaired) electrons. The smallest absolute Gasteiger partial charge is 0.0753 e. The topological polar surface area (TPSA) is 46.2 Å². The maximum atomic E-state index is 10.1. The molecule has 0 saturated heterocycles. The third-order valence-corrected chi connectivity index (χ3v) is 4.56. The van der Waals surface area contributed by atoms with Crippen molar-refractivity contribution in [3.05, 3.63) is 70.9 Å². The average molecular weight is 328 g/mol. The second kappa shape index (κ2) is 9.61. The van der Waals surface area contributed by atoms with E-state index >= 15 is 0 Å². The number of nitrogens with two attached hydrogens (primary N) is 1. The van der Waals surface area contributed by atoms with Crippen LogP contribution in [-0.2, 0) is 0 Å². The van der Waals surface area contributed by atoms with Crippen LogP contribution in [0.2, 0.25) is 0 Å². The molecule has 1 aliphatic carbocycles. The van der Waals surface area contributed by atoms with E-state index in [0.29, 0.717) is 6.54 Å². The van der Waals surface area contributed by atoms with E-state index in [1.54, 1.807) is 0 Å². The Balaban J connectivity index is 2.80. The van der Waals surface area contributed by atoms with E-state index in [2.05, 4.69) is 58.1 Å². The minimum Gasteiger partial charge on any atom is -0.389 e.